The fourth-order valence-electron chi connectivity index (χ4n) is 3.81. The average Bonchev–Trinajstić information content (AvgIpc) is 3.19. The fourth-order valence-corrected chi connectivity index (χ4v) is 3.81. The fraction of sp³-hybridized carbons (Fsp3) is 0.261. The van der Waals surface area contributed by atoms with Crippen LogP contribution in [0.4, 0.5) is 4.79 Å². The molecule has 0 radical (unpaired) electrons. The van der Waals surface area contributed by atoms with Gasteiger partial charge in [0, 0.05) is 17.4 Å². The second-order valence-corrected chi connectivity index (χ2v) is 7.73. The molecule has 3 amide bonds. The number of nitrogens with zero attached hydrogens (tertiary/aromatic N) is 1. The Morgan fingerprint density at radius 2 is 1.84 bits per heavy atom. The maximum atomic E-state index is 13.1. The molecule has 0 saturated carbocycles. The molecule has 2 aromatic carbocycles. The van der Waals surface area contributed by atoms with E-state index in [1.807, 2.05) is 18.2 Å². The van der Waals surface area contributed by atoms with Crippen LogP contribution in [0.3, 0.4) is 0 Å². The molecule has 31 heavy (non-hydrogen) atoms. The SMILES string of the molecule is C[C@@]1(c2cc3ccccc3o2)NC(=O)N(CC(=O)c2ccc3c(c2)OCCCO3)C1=O. The van der Waals surface area contributed by atoms with Gasteiger partial charge in [-0.15, -0.1) is 0 Å². The Balaban J connectivity index is 1.38. The predicted molar refractivity (Wildman–Crippen MR) is 110 cm³/mol. The first kappa shape index (κ1) is 19.2. The molecule has 3 heterocycles. The van der Waals surface area contributed by atoms with E-state index < -0.39 is 17.5 Å². The molecule has 0 aliphatic carbocycles. The second-order valence-electron chi connectivity index (χ2n) is 7.73. The van der Waals surface area contributed by atoms with Gasteiger partial charge in [0.05, 0.1) is 19.8 Å². The third kappa shape index (κ3) is 3.20. The van der Waals surface area contributed by atoms with E-state index in [2.05, 4.69) is 5.32 Å². The number of carbonyl (C=O) groups excluding carboxylic acids is 3. The number of hydrogen-bond acceptors (Lipinski definition) is 6. The Bertz CT molecular complexity index is 1180. The normalized spacial score (nSPS) is 20.6. The Morgan fingerprint density at radius 1 is 1.06 bits per heavy atom. The highest BCUT2D eigenvalue weighted by Crippen LogP contribution is 2.34. The summed E-state index contributed by atoms with van der Waals surface area (Å²) < 4.78 is 17.0. The van der Waals surface area contributed by atoms with Gasteiger partial charge in [-0.1, -0.05) is 18.2 Å². The summed E-state index contributed by atoms with van der Waals surface area (Å²) in [6.07, 6.45) is 0.751. The zero-order valence-corrected chi connectivity index (χ0v) is 16.8. The largest absolute Gasteiger partial charge is 0.490 e. The number of imide groups is 1. The van der Waals surface area contributed by atoms with Crippen molar-refractivity contribution in [3.8, 4) is 11.5 Å². The molecule has 2 aliphatic heterocycles. The summed E-state index contributed by atoms with van der Waals surface area (Å²) in [4.78, 5) is 39.5. The molecule has 0 unspecified atom stereocenters. The number of hydrogen-bond donors (Lipinski definition) is 1. The molecule has 0 bridgehead atoms. The zero-order valence-electron chi connectivity index (χ0n) is 16.8. The minimum Gasteiger partial charge on any atom is -0.490 e. The Labute approximate surface area is 177 Å². The Hall–Kier alpha value is -3.81. The molecule has 5 rings (SSSR count). The van der Waals surface area contributed by atoms with E-state index in [9.17, 15) is 14.4 Å². The van der Waals surface area contributed by atoms with Crippen LogP contribution in [0.15, 0.2) is 52.9 Å². The highest BCUT2D eigenvalue weighted by atomic mass is 16.5. The van der Waals surface area contributed by atoms with E-state index in [0.717, 1.165) is 16.7 Å². The molecule has 3 aromatic rings. The van der Waals surface area contributed by atoms with Crippen molar-refractivity contribution in [2.45, 2.75) is 18.9 Å². The lowest BCUT2D eigenvalue weighted by molar-refractivity contribution is -0.131. The van der Waals surface area contributed by atoms with Crippen LogP contribution in [0.2, 0.25) is 0 Å². The van der Waals surface area contributed by atoms with Gasteiger partial charge < -0.3 is 19.2 Å². The number of carbonyl (C=O) groups is 3. The van der Waals surface area contributed by atoms with Crippen LogP contribution < -0.4 is 14.8 Å². The van der Waals surface area contributed by atoms with Crippen LogP contribution in [0.25, 0.3) is 11.0 Å². The number of amides is 3. The number of ether oxygens (including phenoxy) is 2. The third-order valence-electron chi connectivity index (χ3n) is 5.56. The van der Waals surface area contributed by atoms with E-state index >= 15 is 0 Å². The summed E-state index contributed by atoms with van der Waals surface area (Å²) in [6.45, 7) is 2.22. The molecule has 158 valence electrons. The van der Waals surface area contributed by atoms with Crippen molar-refractivity contribution in [1.82, 2.24) is 10.2 Å². The molecule has 1 atom stereocenters. The Kier molecular flexibility index (Phi) is 4.43. The zero-order chi connectivity index (χ0) is 21.6. The van der Waals surface area contributed by atoms with Crippen molar-refractivity contribution in [3.63, 3.8) is 0 Å². The second kappa shape index (κ2) is 7.16. The summed E-state index contributed by atoms with van der Waals surface area (Å²) in [6, 6.07) is 13.3. The maximum Gasteiger partial charge on any atom is 0.325 e. The maximum absolute atomic E-state index is 13.1. The number of fused-ring (bicyclic) bond motifs is 2. The molecule has 8 nitrogen and oxygen atoms in total. The van der Waals surface area contributed by atoms with Crippen molar-refractivity contribution >= 4 is 28.7 Å². The molecule has 1 N–H and O–H groups in total. The number of benzene rings is 2. The van der Waals surface area contributed by atoms with E-state index in [1.165, 1.54) is 0 Å². The van der Waals surface area contributed by atoms with Crippen molar-refractivity contribution in [2.75, 3.05) is 19.8 Å². The quantitative estimate of drug-likeness (QED) is 0.514. The first-order valence-corrected chi connectivity index (χ1v) is 10.0. The van der Waals surface area contributed by atoms with Crippen LogP contribution in [0, 0.1) is 0 Å². The number of furan rings is 1. The van der Waals surface area contributed by atoms with E-state index in [0.29, 0.717) is 41.6 Å². The van der Waals surface area contributed by atoms with Crippen LogP contribution in [0.5, 0.6) is 11.5 Å². The average molecular weight is 420 g/mol. The topological polar surface area (TPSA) is 98.1 Å². The van der Waals surface area contributed by atoms with Gasteiger partial charge in [-0.05, 0) is 37.3 Å². The van der Waals surface area contributed by atoms with E-state index in [1.54, 1.807) is 37.3 Å². The van der Waals surface area contributed by atoms with Crippen LogP contribution in [0.1, 0.15) is 29.5 Å². The van der Waals surface area contributed by atoms with Crippen molar-refractivity contribution in [2.24, 2.45) is 0 Å². The summed E-state index contributed by atoms with van der Waals surface area (Å²) in [5.74, 6) is 0.444. The van der Waals surface area contributed by atoms with Crippen LogP contribution >= 0.6 is 0 Å². The lowest BCUT2D eigenvalue weighted by atomic mass is 9.98. The van der Waals surface area contributed by atoms with Gasteiger partial charge in [0.25, 0.3) is 5.91 Å². The molecule has 1 aromatic heterocycles. The van der Waals surface area contributed by atoms with Gasteiger partial charge in [0.1, 0.15) is 11.3 Å². The summed E-state index contributed by atoms with van der Waals surface area (Å²) in [5.41, 5.74) is -0.439. The lowest BCUT2D eigenvalue weighted by Gasteiger charge is -2.19. The van der Waals surface area contributed by atoms with Crippen molar-refractivity contribution in [3.05, 3.63) is 59.9 Å². The summed E-state index contributed by atoms with van der Waals surface area (Å²) in [7, 11) is 0. The molecular weight excluding hydrogens is 400 g/mol. The van der Waals surface area contributed by atoms with Gasteiger partial charge in [0.2, 0.25) is 0 Å². The Morgan fingerprint density at radius 3 is 2.65 bits per heavy atom. The van der Waals surface area contributed by atoms with Gasteiger partial charge in [0.15, 0.2) is 22.8 Å². The molecule has 2 aliphatic rings. The number of urea groups is 1. The number of para-hydroxylation sites is 1. The molecule has 8 heteroatoms. The van der Waals surface area contributed by atoms with Crippen LogP contribution in [-0.4, -0.2) is 42.4 Å². The molecule has 1 saturated heterocycles. The summed E-state index contributed by atoms with van der Waals surface area (Å²) >= 11 is 0. The number of Topliss-reactive ketones (excluding diaryl/α,β-unsaturated/α-hetero) is 1. The number of rotatable bonds is 4. The van der Waals surface area contributed by atoms with E-state index in [4.69, 9.17) is 13.9 Å². The monoisotopic (exact) mass is 420 g/mol. The predicted octanol–water partition coefficient (Wildman–Crippen LogP) is 3.24. The van der Waals surface area contributed by atoms with Crippen LogP contribution in [-0.2, 0) is 10.3 Å². The van der Waals surface area contributed by atoms with Gasteiger partial charge in [-0.3, -0.25) is 14.5 Å². The first-order chi connectivity index (χ1) is 15.0. The minimum absolute atomic E-state index is 0.317. The number of nitrogens with one attached hydrogen (secondary N) is 1. The highest BCUT2D eigenvalue weighted by Gasteiger charge is 2.51. The number of ketones is 1. The van der Waals surface area contributed by atoms with Gasteiger partial charge >= 0.3 is 6.03 Å². The van der Waals surface area contributed by atoms with Crippen molar-refractivity contribution in [1.29, 1.82) is 0 Å². The lowest BCUT2D eigenvalue weighted by Crippen LogP contribution is -2.41. The molecule has 1 fully saturated rings. The summed E-state index contributed by atoms with van der Waals surface area (Å²) in [5, 5.41) is 3.49. The standard InChI is InChI=1S/C23H20N2O6/c1-23(20-12-15-5-2-3-6-17(15)31-20)21(27)25(22(28)24-23)13-16(26)14-7-8-18-19(11-14)30-10-4-9-29-18/h2-3,5-8,11-12H,4,9-10,13H2,1H3,(H,24,28)/t23-/m0/s1. The molecular formula is C23H20N2O6. The third-order valence-corrected chi connectivity index (χ3v) is 5.56. The first-order valence-electron chi connectivity index (χ1n) is 10.0. The van der Waals surface area contributed by atoms with Crippen molar-refractivity contribution < 1.29 is 28.3 Å². The smallest absolute Gasteiger partial charge is 0.325 e. The van der Waals surface area contributed by atoms with Gasteiger partial charge in [-0.2, -0.15) is 0 Å². The molecule has 0 spiro atoms. The van der Waals surface area contributed by atoms with Gasteiger partial charge in [-0.25, -0.2) is 4.79 Å². The highest BCUT2D eigenvalue weighted by molar-refractivity contribution is 6.11. The minimum atomic E-state index is -1.39. The van der Waals surface area contributed by atoms with E-state index in [-0.39, 0.29) is 12.3 Å².